The van der Waals surface area contributed by atoms with Gasteiger partial charge in [-0.15, -0.1) is 0 Å². The van der Waals surface area contributed by atoms with E-state index in [9.17, 15) is 9.59 Å². The SMILES string of the molecule is O=C1NC(C(=O)Nc2cc(Cl)ccc2Cl)Cc2ccccc21. The molecule has 1 aliphatic rings. The highest BCUT2D eigenvalue weighted by atomic mass is 35.5. The first kappa shape index (κ1) is 14.9. The Morgan fingerprint density at radius 3 is 2.77 bits per heavy atom. The van der Waals surface area contributed by atoms with Crippen LogP contribution in [0, 0.1) is 0 Å². The highest BCUT2D eigenvalue weighted by Gasteiger charge is 2.29. The predicted octanol–water partition coefficient (Wildman–Crippen LogP) is 3.29. The number of carbonyl (C=O) groups is 2. The molecule has 0 aromatic heterocycles. The zero-order chi connectivity index (χ0) is 15.7. The van der Waals surface area contributed by atoms with Crippen molar-refractivity contribution in [1.29, 1.82) is 0 Å². The minimum Gasteiger partial charge on any atom is -0.340 e. The number of halogens is 2. The average molecular weight is 335 g/mol. The van der Waals surface area contributed by atoms with Crippen LogP contribution in [0.1, 0.15) is 15.9 Å². The number of hydrogen-bond acceptors (Lipinski definition) is 2. The van der Waals surface area contributed by atoms with E-state index in [1.165, 1.54) is 0 Å². The Kier molecular flexibility index (Phi) is 4.05. The van der Waals surface area contributed by atoms with Gasteiger partial charge in [-0.05, 0) is 29.8 Å². The van der Waals surface area contributed by atoms with Crippen molar-refractivity contribution in [3.63, 3.8) is 0 Å². The molecule has 1 heterocycles. The lowest BCUT2D eigenvalue weighted by molar-refractivity contribution is -0.118. The number of benzene rings is 2. The molecule has 4 nitrogen and oxygen atoms in total. The number of nitrogens with one attached hydrogen (secondary N) is 2. The van der Waals surface area contributed by atoms with Crippen LogP contribution in [0.15, 0.2) is 42.5 Å². The maximum Gasteiger partial charge on any atom is 0.252 e. The predicted molar refractivity (Wildman–Crippen MR) is 86.5 cm³/mol. The number of amides is 2. The fourth-order valence-corrected chi connectivity index (χ4v) is 2.74. The second kappa shape index (κ2) is 5.99. The van der Waals surface area contributed by atoms with E-state index in [4.69, 9.17) is 23.2 Å². The summed E-state index contributed by atoms with van der Waals surface area (Å²) in [6.45, 7) is 0. The summed E-state index contributed by atoms with van der Waals surface area (Å²) in [5, 5.41) is 6.26. The van der Waals surface area contributed by atoms with E-state index in [-0.39, 0.29) is 11.8 Å². The lowest BCUT2D eigenvalue weighted by Gasteiger charge is -2.25. The van der Waals surface area contributed by atoms with Crippen LogP contribution in [-0.2, 0) is 11.2 Å². The molecular formula is C16H12Cl2N2O2. The number of hydrogen-bond donors (Lipinski definition) is 2. The van der Waals surface area contributed by atoms with Crippen molar-refractivity contribution >= 4 is 40.7 Å². The van der Waals surface area contributed by atoms with Gasteiger partial charge in [-0.25, -0.2) is 0 Å². The summed E-state index contributed by atoms with van der Waals surface area (Å²) in [7, 11) is 0. The molecule has 0 radical (unpaired) electrons. The van der Waals surface area contributed by atoms with Gasteiger partial charge < -0.3 is 10.6 Å². The third-order valence-corrected chi connectivity index (χ3v) is 4.06. The van der Waals surface area contributed by atoms with E-state index >= 15 is 0 Å². The Morgan fingerprint density at radius 2 is 1.95 bits per heavy atom. The summed E-state index contributed by atoms with van der Waals surface area (Å²) in [5.74, 6) is -0.578. The molecule has 2 aromatic carbocycles. The number of carbonyl (C=O) groups excluding carboxylic acids is 2. The Bertz CT molecular complexity index is 762. The molecule has 1 atom stereocenters. The smallest absolute Gasteiger partial charge is 0.252 e. The van der Waals surface area contributed by atoms with Crippen LogP contribution < -0.4 is 10.6 Å². The van der Waals surface area contributed by atoms with E-state index in [1.807, 2.05) is 12.1 Å². The molecule has 1 unspecified atom stereocenters. The lowest BCUT2D eigenvalue weighted by atomic mass is 9.95. The van der Waals surface area contributed by atoms with Crippen molar-refractivity contribution in [3.8, 4) is 0 Å². The molecule has 6 heteroatoms. The Hall–Kier alpha value is -2.04. The third kappa shape index (κ3) is 2.93. The third-order valence-electron chi connectivity index (χ3n) is 3.49. The van der Waals surface area contributed by atoms with Gasteiger partial charge in [0.25, 0.3) is 5.91 Å². The molecule has 0 bridgehead atoms. The van der Waals surface area contributed by atoms with Gasteiger partial charge in [0, 0.05) is 17.0 Å². The van der Waals surface area contributed by atoms with Crippen molar-refractivity contribution in [2.24, 2.45) is 0 Å². The summed E-state index contributed by atoms with van der Waals surface area (Å²) < 4.78 is 0. The molecule has 3 rings (SSSR count). The summed E-state index contributed by atoms with van der Waals surface area (Å²) >= 11 is 11.9. The minimum atomic E-state index is -0.641. The summed E-state index contributed by atoms with van der Waals surface area (Å²) in [6, 6.07) is 11.4. The van der Waals surface area contributed by atoms with Gasteiger partial charge in [-0.3, -0.25) is 9.59 Å². The molecule has 0 aliphatic carbocycles. The van der Waals surface area contributed by atoms with Crippen molar-refractivity contribution in [2.45, 2.75) is 12.5 Å². The first-order chi connectivity index (χ1) is 10.5. The van der Waals surface area contributed by atoms with Crippen LogP contribution in [0.2, 0.25) is 10.0 Å². The standard InChI is InChI=1S/C16H12Cl2N2O2/c17-10-5-6-12(18)13(8-10)19-16(22)14-7-9-3-1-2-4-11(9)15(21)20-14/h1-6,8,14H,7H2,(H,19,22)(H,20,21). The molecule has 112 valence electrons. The molecule has 0 saturated carbocycles. The quantitative estimate of drug-likeness (QED) is 0.885. The van der Waals surface area contributed by atoms with Crippen molar-refractivity contribution in [3.05, 3.63) is 63.6 Å². The van der Waals surface area contributed by atoms with Crippen LogP contribution >= 0.6 is 23.2 Å². The Labute approximate surface area is 137 Å². The van der Waals surface area contributed by atoms with Crippen LogP contribution in [-0.4, -0.2) is 17.9 Å². The first-order valence-corrected chi connectivity index (χ1v) is 7.45. The molecule has 0 spiro atoms. The lowest BCUT2D eigenvalue weighted by Crippen LogP contribution is -2.48. The number of anilines is 1. The second-order valence-electron chi connectivity index (χ2n) is 5.00. The maximum absolute atomic E-state index is 12.4. The van der Waals surface area contributed by atoms with Crippen molar-refractivity contribution in [1.82, 2.24) is 5.32 Å². The van der Waals surface area contributed by atoms with Gasteiger partial charge in [0.15, 0.2) is 0 Å². The Morgan fingerprint density at radius 1 is 1.18 bits per heavy atom. The highest BCUT2D eigenvalue weighted by Crippen LogP contribution is 2.26. The zero-order valence-corrected chi connectivity index (χ0v) is 12.9. The highest BCUT2D eigenvalue weighted by molar-refractivity contribution is 6.35. The summed E-state index contributed by atoms with van der Waals surface area (Å²) in [4.78, 5) is 24.4. The largest absolute Gasteiger partial charge is 0.340 e. The van der Waals surface area contributed by atoms with E-state index in [1.54, 1.807) is 30.3 Å². The van der Waals surface area contributed by atoms with Crippen molar-refractivity contribution in [2.75, 3.05) is 5.32 Å². The van der Waals surface area contributed by atoms with Gasteiger partial charge in [0.05, 0.1) is 10.7 Å². The van der Waals surface area contributed by atoms with Gasteiger partial charge in [-0.1, -0.05) is 41.4 Å². The van der Waals surface area contributed by atoms with Gasteiger partial charge >= 0.3 is 0 Å². The molecule has 2 amide bonds. The van der Waals surface area contributed by atoms with Gasteiger partial charge in [0.2, 0.25) is 5.91 Å². The van der Waals surface area contributed by atoms with Gasteiger partial charge in [-0.2, -0.15) is 0 Å². The fourth-order valence-electron chi connectivity index (χ4n) is 2.40. The molecule has 22 heavy (non-hydrogen) atoms. The van der Waals surface area contributed by atoms with Crippen molar-refractivity contribution < 1.29 is 9.59 Å². The monoisotopic (exact) mass is 334 g/mol. The van der Waals surface area contributed by atoms with Crippen LogP contribution in [0.5, 0.6) is 0 Å². The average Bonchev–Trinajstić information content (AvgIpc) is 2.51. The summed E-state index contributed by atoms with van der Waals surface area (Å²) in [6.07, 6.45) is 0.436. The number of fused-ring (bicyclic) bond motifs is 1. The van der Waals surface area contributed by atoms with Crippen LogP contribution in [0.3, 0.4) is 0 Å². The Balaban J connectivity index is 1.79. The molecule has 1 aliphatic heterocycles. The van der Waals surface area contributed by atoms with E-state index in [0.717, 1.165) is 5.56 Å². The zero-order valence-electron chi connectivity index (χ0n) is 11.4. The molecule has 2 N–H and O–H groups in total. The molecule has 2 aromatic rings. The van der Waals surface area contributed by atoms with E-state index in [2.05, 4.69) is 10.6 Å². The van der Waals surface area contributed by atoms with Crippen LogP contribution in [0.4, 0.5) is 5.69 Å². The van der Waals surface area contributed by atoms with Crippen LogP contribution in [0.25, 0.3) is 0 Å². The van der Waals surface area contributed by atoms with Gasteiger partial charge in [0.1, 0.15) is 6.04 Å². The summed E-state index contributed by atoms with van der Waals surface area (Å²) in [5.41, 5.74) is 1.88. The minimum absolute atomic E-state index is 0.251. The molecule has 0 fully saturated rings. The topological polar surface area (TPSA) is 58.2 Å². The first-order valence-electron chi connectivity index (χ1n) is 6.69. The number of rotatable bonds is 2. The molecule has 0 saturated heterocycles. The van der Waals surface area contributed by atoms with E-state index in [0.29, 0.717) is 27.7 Å². The molecular weight excluding hydrogens is 323 g/mol. The second-order valence-corrected chi connectivity index (χ2v) is 5.84. The maximum atomic E-state index is 12.4. The van der Waals surface area contributed by atoms with E-state index < -0.39 is 6.04 Å². The fraction of sp³-hybridized carbons (Fsp3) is 0.125. The normalized spacial score (nSPS) is 16.6.